The topological polar surface area (TPSA) is 90.5 Å². The molecular weight excluding hydrogens is 404 g/mol. The van der Waals surface area contributed by atoms with Gasteiger partial charge in [-0.15, -0.1) is 0 Å². The van der Waals surface area contributed by atoms with Gasteiger partial charge < -0.3 is 20.9 Å². The van der Waals surface area contributed by atoms with Crippen molar-refractivity contribution in [1.82, 2.24) is 4.90 Å². The van der Waals surface area contributed by atoms with Crippen molar-refractivity contribution in [2.75, 3.05) is 36.6 Å². The normalized spacial score (nSPS) is 10.2. The average molecular weight is 431 g/mol. The first-order valence-corrected chi connectivity index (χ1v) is 10.2. The highest BCUT2D eigenvalue weighted by Crippen LogP contribution is 2.16. The first kappa shape index (κ1) is 22.6. The third-order valence-corrected chi connectivity index (χ3v) is 4.68. The number of rotatable bonds is 7. The highest BCUT2D eigenvalue weighted by molar-refractivity contribution is 6.04. The zero-order valence-corrected chi connectivity index (χ0v) is 18.3. The number of benzene rings is 3. The Morgan fingerprint density at radius 1 is 0.750 bits per heavy atom. The highest BCUT2D eigenvalue weighted by atomic mass is 16.2. The molecule has 0 radical (unpaired) electrons. The summed E-state index contributed by atoms with van der Waals surface area (Å²) in [5, 5.41) is 8.67. The summed E-state index contributed by atoms with van der Waals surface area (Å²) in [6.07, 6.45) is 0. The number of amides is 3. The average Bonchev–Trinajstić information content (AvgIpc) is 2.78. The third kappa shape index (κ3) is 6.18. The lowest BCUT2D eigenvalue weighted by Crippen LogP contribution is -2.23. The van der Waals surface area contributed by atoms with Gasteiger partial charge in [0, 0.05) is 42.3 Å². The second-order valence-electron chi connectivity index (χ2n) is 7.58. The molecule has 7 nitrogen and oxygen atoms in total. The smallest absolute Gasteiger partial charge is 0.255 e. The number of carbonyl (C=O) groups is 3. The maximum Gasteiger partial charge on any atom is 0.255 e. The molecule has 7 heteroatoms. The number of aryl methyl sites for hydroxylation is 1. The van der Waals surface area contributed by atoms with Crippen LogP contribution in [0.3, 0.4) is 0 Å². The summed E-state index contributed by atoms with van der Waals surface area (Å²) in [7, 11) is 3.35. The summed E-state index contributed by atoms with van der Waals surface area (Å²) in [6, 6.07) is 21.3. The molecule has 3 N–H and O–H groups in total. The van der Waals surface area contributed by atoms with E-state index >= 15 is 0 Å². The van der Waals surface area contributed by atoms with Crippen molar-refractivity contribution in [2.45, 2.75) is 6.92 Å². The van der Waals surface area contributed by atoms with Crippen LogP contribution in [0.25, 0.3) is 0 Å². The van der Waals surface area contributed by atoms with Crippen LogP contribution in [0.5, 0.6) is 0 Å². The Morgan fingerprint density at radius 3 is 2.09 bits per heavy atom. The summed E-state index contributed by atoms with van der Waals surface area (Å²) in [5.74, 6) is -0.547. The number of hydrogen-bond donors (Lipinski definition) is 3. The maximum atomic E-state index is 12.3. The largest absolute Gasteiger partial charge is 0.376 e. The number of hydrogen-bond acceptors (Lipinski definition) is 4. The summed E-state index contributed by atoms with van der Waals surface area (Å²) < 4.78 is 0. The molecule has 0 aromatic heterocycles. The molecule has 32 heavy (non-hydrogen) atoms. The lowest BCUT2D eigenvalue weighted by molar-refractivity contribution is -0.114. The minimum atomic E-state index is -0.240. The van der Waals surface area contributed by atoms with Gasteiger partial charge >= 0.3 is 0 Å². The van der Waals surface area contributed by atoms with Crippen LogP contribution in [0.2, 0.25) is 0 Å². The molecule has 0 heterocycles. The first-order valence-electron chi connectivity index (χ1n) is 10.2. The molecule has 164 valence electrons. The van der Waals surface area contributed by atoms with E-state index in [1.807, 2.05) is 25.1 Å². The van der Waals surface area contributed by atoms with Crippen LogP contribution < -0.4 is 16.0 Å². The van der Waals surface area contributed by atoms with E-state index in [1.54, 1.807) is 68.7 Å². The highest BCUT2D eigenvalue weighted by Gasteiger charge is 2.10. The molecular formula is C25H26N4O3. The van der Waals surface area contributed by atoms with Gasteiger partial charge in [-0.05, 0) is 61.5 Å². The summed E-state index contributed by atoms with van der Waals surface area (Å²) in [6.45, 7) is 1.99. The van der Waals surface area contributed by atoms with Crippen LogP contribution in [-0.4, -0.2) is 43.3 Å². The molecule has 0 saturated carbocycles. The van der Waals surface area contributed by atoms with Gasteiger partial charge in [-0.2, -0.15) is 0 Å². The van der Waals surface area contributed by atoms with Gasteiger partial charge in [-0.3, -0.25) is 14.4 Å². The fourth-order valence-corrected chi connectivity index (χ4v) is 3.04. The molecule has 3 rings (SSSR count). The van der Waals surface area contributed by atoms with E-state index in [0.717, 1.165) is 11.3 Å². The van der Waals surface area contributed by atoms with Crippen molar-refractivity contribution in [2.24, 2.45) is 0 Å². The molecule has 0 aliphatic rings. The zero-order valence-electron chi connectivity index (χ0n) is 18.3. The van der Waals surface area contributed by atoms with E-state index in [1.165, 1.54) is 4.90 Å². The molecule has 0 unspecified atom stereocenters. The van der Waals surface area contributed by atoms with Gasteiger partial charge in [-0.25, -0.2) is 0 Å². The molecule has 0 fully saturated rings. The van der Waals surface area contributed by atoms with Crippen molar-refractivity contribution in [3.63, 3.8) is 0 Å². The van der Waals surface area contributed by atoms with E-state index in [9.17, 15) is 14.4 Å². The Hall–Kier alpha value is -4.13. The van der Waals surface area contributed by atoms with Crippen molar-refractivity contribution in [3.05, 3.63) is 89.5 Å². The molecule has 3 aromatic rings. The molecule has 0 atom stereocenters. The molecule has 0 bridgehead atoms. The fraction of sp³-hybridized carbons (Fsp3) is 0.160. The SMILES string of the molecule is Cc1cccc(C(=O)Nc2ccc(NCC(=O)Nc3cccc(C(=O)N(C)C)c3)cc2)c1. The maximum absolute atomic E-state index is 12.3. The monoisotopic (exact) mass is 430 g/mol. The zero-order chi connectivity index (χ0) is 23.1. The van der Waals surface area contributed by atoms with Crippen LogP contribution in [0.4, 0.5) is 17.1 Å². The lowest BCUT2D eigenvalue weighted by atomic mass is 10.1. The summed E-state index contributed by atoms with van der Waals surface area (Å²) >= 11 is 0. The Kier molecular flexibility index (Phi) is 7.23. The van der Waals surface area contributed by atoms with Crippen LogP contribution in [0.1, 0.15) is 26.3 Å². The first-order chi connectivity index (χ1) is 15.3. The Balaban J connectivity index is 1.52. The van der Waals surface area contributed by atoms with Gasteiger partial charge in [-0.1, -0.05) is 23.8 Å². The second kappa shape index (κ2) is 10.3. The Bertz CT molecular complexity index is 1120. The Labute approximate surface area is 187 Å². The van der Waals surface area contributed by atoms with Crippen LogP contribution >= 0.6 is 0 Å². The van der Waals surface area contributed by atoms with E-state index < -0.39 is 0 Å². The fourth-order valence-electron chi connectivity index (χ4n) is 3.04. The van der Waals surface area contributed by atoms with Crippen molar-refractivity contribution >= 4 is 34.8 Å². The standard InChI is InChI=1S/C25H26N4O3/c1-17-6-4-7-18(14-17)24(31)28-21-12-10-20(11-13-21)26-16-23(30)27-22-9-5-8-19(15-22)25(32)29(2)3/h4-15,26H,16H2,1-3H3,(H,27,30)(H,28,31). The van der Waals surface area contributed by atoms with E-state index in [0.29, 0.717) is 22.5 Å². The van der Waals surface area contributed by atoms with Crippen molar-refractivity contribution in [1.29, 1.82) is 0 Å². The van der Waals surface area contributed by atoms with Crippen molar-refractivity contribution in [3.8, 4) is 0 Å². The Morgan fingerprint density at radius 2 is 1.41 bits per heavy atom. The van der Waals surface area contributed by atoms with Gasteiger partial charge in [0.15, 0.2) is 0 Å². The number of nitrogens with one attached hydrogen (secondary N) is 3. The van der Waals surface area contributed by atoms with Gasteiger partial charge in [0.25, 0.3) is 11.8 Å². The van der Waals surface area contributed by atoms with Crippen LogP contribution in [0, 0.1) is 6.92 Å². The predicted molar refractivity (Wildman–Crippen MR) is 127 cm³/mol. The molecule has 3 amide bonds. The quantitative estimate of drug-likeness (QED) is 0.528. The van der Waals surface area contributed by atoms with Crippen LogP contribution in [0.15, 0.2) is 72.8 Å². The molecule has 0 aliphatic carbocycles. The van der Waals surface area contributed by atoms with E-state index in [-0.39, 0.29) is 24.3 Å². The van der Waals surface area contributed by atoms with E-state index in [4.69, 9.17) is 0 Å². The molecule has 0 saturated heterocycles. The minimum absolute atomic E-state index is 0.0564. The molecule has 3 aromatic carbocycles. The summed E-state index contributed by atoms with van der Waals surface area (Å²) in [4.78, 5) is 38.2. The number of nitrogens with zero attached hydrogens (tertiary/aromatic N) is 1. The van der Waals surface area contributed by atoms with Crippen LogP contribution in [-0.2, 0) is 4.79 Å². The molecule has 0 aliphatic heterocycles. The van der Waals surface area contributed by atoms with E-state index in [2.05, 4.69) is 16.0 Å². The summed E-state index contributed by atoms with van der Waals surface area (Å²) in [5.41, 5.74) is 4.08. The van der Waals surface area contributed by atoms with Gasteiger partial charge in [0.2, 0.25) is 5.91 Å². The molecule has 0 spiro atoms. The lowest BCUT2D eigenvalue weighted by Gasteiger charge is -2.12. The minimum Gasteiger partial charge on any atom is -0.376 e. The second-order valence-corrected chi connectivity index (χ2v) is 7.58. The van der Waals surface area contributed by atoms with Gasteiger partial charge in [0.05, 0.1) is 6.54 Å². The van der Waals surface area contributed by atoms with Gasteiger partial charge in [0.1, 0.15) is 0 Å². The number of anilines is 3. The predicted octanol–water partition coefficient (Wildman–Crippen LogP) is 4.00. The third-order valence-electron chi connectivity index (χ3n) is 4.68. The number of carbonyl (C=O) groups excluding carboxylic acids is 3. The van der Waals surface area contributed by atoms with Crippen molar-refractivity contribution < 1.29 is 14.4 Å².